The summed E-state index contributed by atoms with van der Waals surface area (Å²) in [6, 6.07) is 1.07. The van der Waals surface area contributed by atoms with E-state index in [-0.39, 0.29) is 17.0 Å². The first-order valence-corrected chi connectivity index (χ1v) is 5.38. The second-order valence-electron chi connectivity index (χ2n) is 3.91. The first-order valence-electron chi connectivity index (χ1n) is 5.38. The molecule has 0 atom stereocenters. The zero-order chi connectivity index (χ0) is 14.0. The quantitative estimate of drug-likeness (QED) is 0.598. The van der Waals surface area contributed by atoms with E-state index in [4.69, 9.17) is 5.73 Å². The number of nitrogens with zero attached hydrogens (tertiary/aromatic N) is 2. The molecule has 0 aliphatic heterocycles. The van der Waals surface area contributed by atoms with Crippen molar-refractivity contribution < 1.29 is 15.0 Å². The predicted octanol–water partition coefficient (Wildman–Crippen LogP) is 1.03. The highest BCUT2D eigenvalue weighted by molar-refractivity contribution is 6.10. The lowest BCUT2D eigenvalue weighted by atomic mass is 10.1. The Balaban J connectivity index is 2.37. The van der Waals surface area contributed by atoms with E-state index in [0.717, 1.165) is 6.07 Å². The molecule has 2 aromatic rings. The number of anilines is 2. The summed E-state index contributed by atoms with van der Waals surface area (Å²) in [6.07, 6.45) is 4.14. The second-order valence-corrected chi connectivity index (χ2v) is 3.91. The lowest BCUT2D eigenvalue weighted by Gasteiger charge is -2.12. The summed E-state index contributed by atoms with van der Waals surface area (Å²) in [5.41, 5.74) is 6.35. The maximum absolute atomic E-state index is 12.0. The summed E-state index contributed by atoms with van der Waals surface area (Å²) in [7, 11) is 0. The maximum Gasteiger partial charge on any atom is 0.261 e. The molecule has 0 saturated carbocycles. The molecule has 0 aliphatic rings. The number of nitrogen functional groups attached to an aromatic ring is 1. The van der Waals surface area contributed by atoms with Crippen LogP contribution in [-0.2, 0) is 0 Å². The van der Waals surface area contributed by atoms with Gasteiger partial charge in [0, 0.05) is 11.6 Å². The van der Waals surface area contributed by atoms with E-state index in [1.807, 2.05) is 0 Å². The van der Waals surface area contributed by atoms with Gasteiger partial charge in [-0.1, -0.05) is 0 Å². The predicted molar refractivity (Wildman–Crippen MR) is 68.9 cm³/mol. The summed E-state index contributed by atoms with van der Waals surface area (Å²) < 4.78 is 0. The van der Waals surface area contributed by atoms with Crippen molar-refractivity contribution in [2.75, 3.05) is 11.1 Å². The van der Waals surface area contributed by atoms with Crippen LogP contribution in [0.25, 0.3) is 0 Å². The Morgan fingerprint density at radius 2 is 1.89 bits per heavy atom. The van der Waals surface area contributed by atoms with E-state index in [9.17, 15) is 15.0 Å². The lowest BCUT2D eigenvalue weighted by molar-refractivity contribution is 0.102. The molecule has 0 saturated heterocycles. The molecule has 0 spiro atoms. The van der Waals surface area contributed by atoms with E-state index < -0.39 is 11.7 Å². The monoisotopic (exact) mass is 260 g/mol. The summed E-state index contributed by atoms with van der Waals surface area (Å²) in [4.78, 5) is 19.5. The highest BCUT2D eigenvalue weighted by Gasteiger charge is 2.19. The Morgan fingerprint density at radius 1 is 1.26 bits per heavy atom. The van der Waals surface area contributed by atoms with Crippen molar-refractivity contribution in [1.82, 2.24) is 9.97 Å². The van der Waals surface area contributed by atoms with Crippen LogP contribution in [0.3, 0.4) is 0 Å². The number of phenolic OH excluding ortho intramolecular Hbond substituents is 2. The molecule has 1 heterocycles. The molecule has 7 heteroatoms. The van der Waals surface area contributed by atoms with E-state index >= 15 is 0 Å². The van der Waals surface area contributed by atoms with E-state index in [0.29, 0.717) is 11.3 Å². The van der Waals surface area contributed by atoms with E-state index in [2.05, 4.69) is 15.3 Å². The van der Waals surface area contributed by atoms with Gasteiger partial charge in [0.2, 0.25) is 0 Å². The van der Waals surface area contributed by atoms with Crippen molar-refractivity contribution in [3.63, 3.8) is 0 Å². The van der Waals surface area contributed by atoms with Crippen LogP contribution in [0.5, 0.6) is 11.5 Å². The second kappa shape index (κ2) is 4.81. The average molecular weight is 260 g/mol. The van der Waals surface area contributed by atoms with Gasteiger partial charge < -0.3 is 21.3 Å². The van der Waals surface area contributed by atoms with Crippen LogP contribution in [0.1, 0.15) is 15.9 Å². The van der Waals surface area contributed by atoms with Crippen molar-refractivity contribution in [1.29, 1.82) is 0 Å². The van der Waals surface area contributed by atoms with Gasteiger partial charge in [-0.25, -0.2) is 9.97 Å². The Bertz CT molecular complexity index is 629. The van der Waals surface area contributed by atoms with Crippen LogP contribution in [-0.4, -0.2) is 26.1 Å². The zero-order valence-corrected chi connectivity index (χ0v) is 10.1. The fourth-order valence-electron chi connectivity index (χ4n) is 1.57. The minimum Gasteiger partial charge on any atom is -0.507 e. The number of carbonyl (C=O) groups excluding carboxylic acids is 1. The molecule has 0 radical (unpaired) electrons. The van der Waals surface area contributed by atoms with Gasteiger partial charge in [-0.15, -0.1) is 0 Å². The maximum atomic E-state index is 12.0. The average Bonchev–Trinajstić information content (AvgIpc) is 2.37. The van der Waals surface area contributed by atoms with E-state index in [1.165, 1.54) is 18.7 Å². The zero-order valence-electron chi connectivity index (χ0n) is 10.1. The number of carbonyl (C=O) groups is 1. The molecular weight excluding hydrogens is 248 g/mol. The minimum absolute atomic E-state index is 0.0202. The van der Waals surface area contributed by atoms with E-state index in [1.54, 1.807) is 6.92 Å². The summed E-state index contributed by atoms with van der Waals surface area (Å²) in [5, 5.41) is 21.7. The van der Waals surface area contributed by atoms with Gasteiger partial charge in [-0.05, 0) is 6.92 Å². The Kier molecular flexibility index (Phi) is 3.19. The molecule has 5 N–H and O–H groups in total. The minimum atomic E-state index is -0.604. The molecule has 0 unspecified atom stereocenters. The van der Waals surface area contributed by atoms with Crippen LogP contribution in [0.2, 0.25) is 0 Å². The number of nitrogens with one attached hydrogen (secondary N) is 1. The third kappa shape index (κ3) is 2.39. The molecular formula is C12H12N4O3. The van der Waals surface area contributed by atoms with Crippen LogP contribution in [0.15, 0.2) is 24.8 Å². The standard InChI is InChI=1S/C12H12N4O3/c1-6-8(17)2-9(18)10(11(6)13)12(19)16-7-3-14-5-15-4-7/h2-5,17-18H,13H2,1H3,(H,16,19). The number of rotatable bonds is 2. The number of hydrogen-bond acceptors (Lipinski definition) is 6. The van der Waals surface area contributed by atoms with Crippen molar-refractivity contribution in [2.45, 2.75) is 6.92 Å². The summed E-state index contributed by atoms with van der Waals surface area (Å²) in [5.74, 6) is -1.17. The van der Waals surface area contributed by atoms with Crippen LogP contribution in [0.4, 0.5) is 11.4 Å². The smallest absolute Gasteiger partial charge is 0.261 e. The van der Waals surface area contributed by atoms with Gasteiger partial charge >= 0.3 is 0 Å². The normalized spacial score (nSPS) is 10.2. The fraction of sp³-hybridized carbons (Fsp3) is 0.0833. The first-order chi connectivity index (χ1) is 9.00. The molecule has 1 amide bonds. The molecule has 2 rings (SSSR count). The molecule has 1 aromatic carbocycles. The van der Waals surface area contributed by atoms with Gasteiger partial charge in [-0.3, -0.25) is 4.79 Å². The molecule has 7 nitrogen and oxygen atoms in total. The number of nitrogens with two attached hydrogens (primary N) is 1. The third-order valence-corrected chi connectivity index (χ3v) is 2.63. The molecule has 0 bridgehead atoms. The number of phenols is 2. The van der Waals surface area contributed by atoms with Crippen molar-refractivity contribution in [3.05, 3.63) is 35.9 Å². The molecule has 0 aliphatic carbocycles. The largest absolute Gasteiger partial charge is 0.507 e. The number of benzene rings is 1. The highest BCUT2D eigenvalue weighted by atomic mass is 16.3. The van der Waals surface area contributed by atoms with Crippen LogP contribution >= 0.6 is 0 Å². The van der Waals surface area contributed by atoms with Gasteiger partial charge in [-0.2, -0.15) is 0 Å². The van der Waals surface area contributed by atoms with Crippen LogP contribution in [0, 0.1) is 6.92 Å². The van der Waals surface area contributed by atoms with Gasteiger partial charge in [0.05, 0.1) is 23.8 Å². The van der Waals surface area contributed by atoms with Crippen molar-refractivity contribution in [3.8, 4) is 11.5 Å². The highest BCUT2D eigenvalue weighted by Crippen LogP contribution is 2.34. The number of aromatic nitrogens is 2. The van der Waals surface area contributed by atoms with Crippen molar-refractivity contribution in [2.24, 2.45) is 0 Å². The Labute approximate surface area is 108 Å². The summed E-state index contributed by atoms with van der Waals surface area (Å²) >= 11 is 0. The van der Waals surface area contributed by atoms with Gasteiger partial charge in [0.25, 0.3) is 5.91 Å². The first kappa shape index (κ1) is 12.6. The van der Waals surface area contributed by atoms with Gasteiger partial charge in [0.1, 0.15) is 23.4 Å². The van der Waals surface area contributed by atoms with Gasteiger partial charge in [0.15, 0.2) is 0 Å². The number of hydrogen-bond donors (Lipinski definition) is 4. The Hall–Kier alpha value is -2.83. The van der Waals surface area contributed by atoms with Crippen LogP contribution < -0.4 is 11.1 Å². The lowest BCUT2D eigenvalue weighted by Crippen LogP contribution is -2.15. The van der Waals surface area contributed by atoms with Crippen molar-refractivity contribution >= 4 is 17.3 Å². The number of amides is 1. The third-order valence-electron chi connectivity index (χ3n) is 2.63. The number of aromatic hydroxyl groups is 2. The topological polar surface area (TPSA) is 121 Å². The fourth-order valence-corrected chi connectivity index (χ4v) is 1.57. The molecule has 19 heavy (non-hydrogen) atoms. The SMILES string of the molecule is Cc1c(O)cc(O)c(C(=O)Nc2cncnc2)c1N. The summed E-state index contributed by atoms with van der Waals surface area (Å²) in [6.45, 7) is 1.55. The molecule has 1 aromatic heterocycles. The molecule has 98 valence electrons. The Morgan fingerprint density at radius 3 is 2.53 bits per heavy atom. The molecule has 0 fully saturated rings.